The summed E-state index contributed by atoms with van der Waals surface area (Å²) < 4.78 is 18.8. The molecule has 5 heteroatoms. The average molecular weight is 278 g/mol. The fourth-order valence-corrected chi connectivity index (χ4v) is 3.13. The molecule has 3 rings (SSSR count). The number of benzene rings is 1. The smallest absolute Gasteiger partial charge is 0.249 e. The van der Waals surface area contributed by atoms with Crippen molar-refractivity contribution in [3.8, 4) is 0 Å². The summed E-state index contributed by atoms with van der Waals surface area (Å²) in [7, 11) is 0. The van der Waals surface area contributed by atoms with E-state index in [1.54, 1.807) is 6.07 Å². The number of ether oxygens (including phenoxy) is 1. The minimum absolute atomic E-state index is 0.00223. The molecule has 0 unspecified atom stereocenters. The van der Waals surface area contributed by atoms with Gasteiger partial charge in [-0.3, -0.25) is 4.79 Å². The van der Waals surface area contributed by atoms with Crippen molar-refractivity contribution in [3.05, 3.63) is 35.6 Å². The lowest BCUT2D eigenvalue weighted by molar-refractivity contribution is -0.162. The first-order valence-electron chi connectivity index (χ1n) is 7.03. The third-order valence-electron chi connectivity index (χ3n) is 4.23. The van der Waals surface area contributed by atoms with Crippen LogP contribution in [0.4, 0.5) is 4.39 Å². The third kappa shape index (κ3) is 2.55. The zero-order valence-electron chi connectivity index (χ0n) is 11.4. The summed E-state index contributed by atoms with van der Waals surface area (Å²) in [6.45, 7) is 2.94. The van der Waals surface area contributed by atoms with Crippen molar-refractivity contribution in [1.82, 2.24) is 10.2 Å². The van der Waals surface area contributed by atoms with E-state index in [1.165, 1.54) is 12.1 Å². The number of amides is 1. The molecule has 1 amide bonds. The van der Waals surface area contributed by atoms with Crippen molar-refractivity contribution in [2.75, 3.05) is 26.3 Å². The zero-order valence-corrected chi connectivity index (χ0v) is 11.4. The Labute approximate surface area is 117 Å². The molecule has 4 nitrogen and oxygen atoms in total. The van der Waals surface area contributed by atoms with Gasteiger partial charge in [-0.15, -0.1) is 0 Å². The molecule has 108 valence electrons. The van der Waals surface area contributed by atoms with Crippen LogP contribution in [-0.2, 0) is 16.1 Å². The van der Waals surface area contributed by atoms with Crippen LogP contribution in [0.15, 0.2) is 24.3 Å². The molecule has 0 bridgehead atoms. The van der Waals surface area contributed by atoms with Gasteiger partial charge in [0.05, 0.1) is 12.1 Å². The Morgan fingerprint density at radius 1 is 1.35 bits per heavy atom. The van der Waals surface area contributed by atoms with Crippen LogP contribution >= 0.6 is 0 Å². The highest BCUT2D eigenvalue weighted by atomic mass is 19.1. The number of carbonyl (C=O) groups excluding carboxylic acids is 1. The molecule has 0 radical (unpaired) electrons. The van der Waals surface area contributed by atoms with Gasteiger partial charge in [-0.1, -0.05) is 12.1 Å². The van der Waals surface area contributed by atoms with E-state index in [2.05, 4.69) is 5.32 Å². The van der Waals surface area contributed by atoms with E-state index < -0.39 is 0 Å². The van der Waals surface area contributed by atoms with E-state index in [4.69, 9.17) is 4.74 Å². The Kier molecular flexibility index (Phi) is 3.72. The van der Waals surface area contributed by atoms with E-state index in [1.807, 2.05) is 11.0 Å². The van der Waals surface area contributed by atoms with Crippen molar-refractivity contribution in [2.24, 2.45) is 0 Å². The summed E-state index contributed by atoms with van der Waals surface area (Å²) in [5, 5.41) is 3.31. The molecule has 0 aromatic heterocycles. The molecule has 0 atom stereocenters. The average Bonchev–Trinajstić information content (AvgIpc) is 2.44. The second kappa shape index (κ2) is 5.50. The summed E-state index contributed by atoms with van der Waals surface area (Å²) in [5.41, 5.74) is 0.602. The van der Waals surface area contributed by atoms with Gasteiger partial charge in [0.25, 0.3) is 0 Å². The van der Waals surface area contributed by atoms with E-state index in [0.29, 0.717) is 13.2 Å². The standard InChI is InChI=1S/C15H19FN2O2/c16-13-3-1-2-12(8-13)9-18-14(19)10-20-11-15(18)4-6-17-7-5-15/h1-3,8,17H,4-7,9-11H2. The Morgan fingerprint density at radius 2 is 2.15 bits per heavy atom. The second-order valence-corrected chi connectivity index (χ2v) is 5.58. The highest BCUT2D eigenvalue weighted by molar-refractivity contribution is 5.79. The Bertz CT molecular complexity index is 495. The number of nitrogens with one attached hydrogen (secondary N) is 1. The lowest BCUT2D eigenvalue weighted by atomic mass is 9.85. The lowest BCUT2D eigenvalue weighted by Gasteiger charge is -2.49. The number of carbonyl (C=O) groups is 1. The van der Waals surface area contributed by atoms with E-state index in [9.17, 15) is 9.18 Å². The maximum atomic E-state index is 13.3. The molecule has 0 saturated carbocycles. The minimum Gasteiger partial charge on any atom is -0.369 e. The quantitative estimate of drug-likeness (QED) is 0.887. The van der Waals surface area contributed by atoms with Gasteiger partial charge in [-0.25, -0.2) is 4.39 Å². The van der Waals surface area contributed by atoms with Crippen molar-refractivity contribution < 1.29 is 13.9 Å². The first-order chi connectivity index (χ1) is 9.70. The molecule has 1 spiro atoms. The summed E-state index contributed by atoms with van der Waals surface area (Å²) in [6, 6.07) is 6.47. The molecule has 2 aliphatic heterocycles. The van der Waals surface area contributed by atoms with Crippen LogP contribution in [0.1, 0.15) is 18.4 Å². The number of hydrogen-bond donors (Lipinski definition) is 1. The third-order valence-corrected chi connectivity index (χ3v) is 4.23. The largest absolute Gasteiger partial charge is 0.369 e. The Morgan fingerprint density at radius 3 is 2.90 bits per heavy atom. The Balaban J connectivity index is 1.84. The number of halogens is 1. The lowest BCUT2D eigenvalue weighted by Crippen LogP contribution is -2.62. The summed E-state index contributed by atoms with van der Waals surface area (Å²) in [4.78, 5) is 14.1. The predicted octanol–water partition coefficient (Wildman–Crippen LogP) is 1.31. The van der Waals surface area contributed by atoms with Crippen LogP contribution in [0.5, 0.6) is 0 Å². The highest BCUT2D eigenvalue weighted by Gasteiger charge is 2.43. The minimum atomic E-state index is -0.262. The van der Waals surface area contributed by atoms with Gasteiger partial charge in [0.15, 0.2) is 0 Å². The molecule has 2 aliphatic rings. The molecule has 2 saturated heterocycles. The van der Waals surface area contributed by atoms with Gasteiger partial charge >= 0.3 is 0 Å². The van der Waals surface area contributed by atoms with Crippen molar-refractivity contribution in [1.29, 1.82) is 0 Å². The Hall–Kier alpha value is -1.46. The van der Waals surface area contributed by atoms with Gasteiger partial charge in [-0.2, -0.15) is 0 Å². The first-order valence-corrected chi connectivity index (χ1v) is 7.03. The second-order valence-electron chi connectivity index (χ2n) is 5.58. The highest BCUT2D eigenvalue weighted by Crippen LogP contribution is 2.31. The maximum Gasteiger partial charge on any atom is 0.249 e. The van der Waals surface area contributed by atoms with Crippen LogP contribution in [0, 0.1) is 5.82 Å². The van der Waals surface area contributed by atoms with Crippen LogP contribution in [-0.4, -0.2) is 42.6 Å². The molecular weight excluding hydrogens is 259 g/mol. The van der Waals surface area contributed by atoms with E-state index >= 15 is 0 Å². The molecular formula is C15H19FN2O2. The van der Waals surface area contributed by atoms with Crippen molar-refractivity contribution >= 4 is 5.91 Å². The van der Waals surface area contributed by atoms with Gasteiger partial charge in [-0.05, 0) is 43.6 Å². The molecule has 0 aliphatic carbocycles. The van der Waals surface area contributed by atoms with Gasteiger partial charge < -0.3 is 15.0 Å². The molecule has 1 aromatic rings. The van der Waals surface area contributed by atoms with Crippen LogP contribution in [0.2, 0.25) is 0 Å². The van der Waals surface area contributed by atoms with Crippen molar-refractivity contribution in [3.63, 3.8) is 0 Å². The predicted molar refractivity (Wildman–Crippen MR) is 72.6 cm³/mol. The van der Waals surface area contributed by atoms with Crippen LogP contribution in [0.3, 0.4) is 0 Å². The topological polar surface area (TPSA) is 41.6 Å². The first kappa shape index (κ1) is 13.5. The number of hydrogen-bond acceptors (Lipinski definition) is 3. The summed E-state index contributed by atoms with van der Waals surface area (Å²) >= 11 is 0. The molecule has 2 fully saturated rings. The number of nitrogens with zero attached hydrogens (tertiary/aromatic N) is 1. The van der Waals surface area contributed by atoms with E-state index in [-0.39, 0.29) is 23.9 Å². The fourth-order valence-electron chi connectivity index (χ4n) is 3.13. The van der Waals surface area contributed by atoms with Crippen molar-refractivity contribution in [2.45, 2.75) is 24.9 Å². The summed E-state index contributed by atoms with van der Waals surface area (Å²) in [6.07, 6.45) is 1.77. The van der Waals surface area contributed by atoms with E-state index in [0.717, 1.165) is 31.5 Å². The number of morpholine rings is 1. The fraction of sp³-hybridized carbons (Fsp3) is 0.533. The van der Waals surface area contributed by atoms with Crippen LogP contribution < -0.4 is 5.32 Å². The zero-order chi connectivity index (χ0) is 14.0. The molecule has 20 heavy (non-hydrogen) atoms. The summed E-state index contributed by atoms with van der Waals surface area (Å²) in [5.74, 6) is -0.259. The number of piperidine rings is 1. The van der Waals surface area contributed by atoms with Gasteiger partial charge in [0, 0.05) is 6.54 Å². The molecule has 1 aromatic carbocycles. The SMILES string of the molecule is O=C1COCC2(CCNCC2)N1Cc1cccc(F)c1. The monoisotopic (exact) mass is 278 g/mol. The molecule has 1 N–H and O–H groups in total. The van der Waals surface area contributed by atoms with Crippen LogP contribution in [0.25, 0.3) is 0 Å². The van der Waals surface area contributed by atoms with Gasteiger partial charge in [0.2, 0.25) is 5.91 Å². The molecule has 2 heterocycles. The number of rotatable bonds is 2. The maximum absolute atomic E-state index is 13.3. The normalized spacial score (nSPS) is 22.2. The van der Waals surface area contributed by atoms with Gasteiger partial charge in [0.1, 0.15) is 12.4 Å².